The van der Waals surface area contributed by atoms with Crippen molar-refractivity contribution in [2.24, 2.45) is 0 Å². The second-order valence-corrected chi connectivity index (χ2v) is 5.23. The molecule has 3 aromatic rings. The molecule has 1 N–H and O–H groups in total. The van der Waals surface area contributed by atoms with Gasteiger partial charge in [0.1, 0.15) is 6.10 Å². The fourth-order valence-electron chi connectivity index (χ4n) is 2.20. The largest absolute Gasteiger partial charge is 0.383 e. The van der Waals surface area contributed by atoms with E-state index in [0.717, 1.165) is 27.9 Å². The Hall–Kier alpha value is -1.78. The van der Waals surface area contributed by atoms with Gasteiger partial charge in [-0.05, 0) is 40.4 Å². The quantitative estimate of drug-likeness (QED) is 0.794. The maximum Gasteiger partial charge on any atom is 0.117 e. The molecule has 0 aliphatic carbocycles. The number of aromatic nitrogens is 2. The Bertz CT molecular complexity index is 708. The Morgan fingerprint density at radius 3 is 2.74 bits per heavy atom. The topological polar surface area (TPSA) is 46.0 Å². The highest BCUT2D eigenvalue weighted by atomic mass is 32.1. The molecule has 96 valence electrons. The van der Waals surface area contributed by atoms with Gasteiger partial charge in [-0.1, -0.05) is 47.8 Å². The predicted octanol–water partition coefficient (Wildman–Crippen LogP) is 3.34. The smallest absolute Gasteiger partial charge is 0.117 e. The molecule has 2 aromatic carbocycles. The van der Waals surface area contributed by atoms with Crippen molar-refractivity contribution < 1.29 is 5.11 Å². The first-order chi connectivity index (χ1) is 9.29. The molecule has 4 heteroatoms. The van der Waals surface area contributed by atoms with Gasteiger partial charge >= 0.3 is 0 Å². The molecule has 1 atom stereocenters. The molecule has 0 radical (unpaired) electrons. The van der Waals surface area contributed by atoms with E-state index in [1.54, 1.807) is 0 Å². The van der Waals surface area contributed by atoms with Crippen molar-refractivity contribution in [2.45, 2.75) is 19.4 Å². The van der Waals surface area contributed by atoms with E-state index in [4.69, 9.17) is 0 Å². The summed E-state index contributed by atoms with van der Waals surface area (Å²) in [5, 5.41) is 16.8. The van der Waals surface area contributed by atoms with Gasteiger partial charge in [0.2, 0.25) is 0 Å². The van der Waals surface area contributed by atoms with E-state index in [1.165, 1.54) is 16.9 Å². The second kappa shape index (κ2) is 5.07. The third kappa shape index (κ3) is 2.25. The van der Waals surface area contributed by atoms with Crippen molar-refractivity contribution in [2.75, 3.05) is 0 Å². The SMILES string of the molecule is CCc1nnsc1C(O)c1ccc2ccccc2c1. The lowest BCUT2D eigenvalue weighted by Crippen LogP contribution is -2.00. The first-order valence-corrected chi connectivity index (χ1v) is 7.05. The first-order valence-electron chi connectivity index (χ1n) is 6.27. The monoisotopic (exact) mass is 270 g/mol. The van der Waals surface area contributed by atoms with Crippen LogP contribution in [-0.2, 0) is 6.42 Å². The number of aliphatic hydroxyl groups excluding tert-OH is 1. The molecule has 1 unspecified atom stereocenters. The van der Waals surface area contributed by atoms with Crippen molar-refractivity contribution in [3.63, 3.8) is 0 Å². The highest BCUT2D eigenvalue weighted by molar-refractivity contribution is 7.05. The van der Waals surface area contributed by atoms with Crippen LogP contribution in [-0.4, -0.2) is 14.7 Å². The number of hydrogen-bond donors (Lipinski definition) is 1. The van der Waals surface area contributed by atoms with Crippen LogP contribution >= 0.6 is 11.5 Å². The van der Waals surface area contributed by atoms with Crippen LogP contribution in [0.4, 0.5) is 0 Å². The van der Waals surface area contributed by atoms with Crippen LogP contribution in [0.5, 0.6) is 0 Å². The minimum Gasteiger partial charge on any atom is -0.383 e. The highest BCUT2D eigenvalue weighted by Crippen LogP contribution is 2.29. The Balaban J connectivity index is 2.04. The Labute approximate surface area is 115 Å². The Morgan fingerprint density at radius 2 is 1.95 bits per heavy atom. The summed E-state index contributed by atoms with van der Waals surface area (Å²) in [6.07, 6.45) is 0.149. The maximum absolute atomic E-state index is 10.5. The Morgan fingerprint density at radius 1 is 1.16 bits per heavy atom. The van der Waals surface area contributed by atoms with Gasteiger partial charge < -0.3 is 5.11 Å². The van der Waals surface area contributed by atoms with E-state index in [1.807, 2.05) is 37.3 Å². The van der Waals surface area contributed by atoms with Crippen molar-refractivity contribution >= 4 is 22.3 Å². The lowest BCUT2D eigenvalue weighted by Gasteiger charge is -2.10. The van der Waals surface area contributed by atoms with Gasteiger partial charge in [0, 0.05) is 0 Å². The number of benzene rings is 2. The molecule has 0 fully saturated rings. The molecular formula is C15H14N2OS. The molecule has 0 saturated carbocycles. The molecule has 19 heavy (non-hydrogen) atoms. The number of hydrogen-bond acceptors (Lipinski definition) is 4. The molecule has 0 bridgehead atoms. The molecule has 0 spiro atoms. The van der Waals surface area contributed by atoms with Crippen LogP contribution in [0.1, 0.15) is 29.2 Å². The van der Waals surface area contributed by atoms with Crippen LogP contribution in [0.25, 0.3) is 10.8 Å². The summed E-state index contributed by atoms with van der Waals surface area (Å²) in [5.41, 5.74) is 1.77. The first kappa shape index (κ1) is 12.3. The Kier molecular flexibility index (Phi) is 3.27. The molecule has 3 rings (SSSR count). The van der Waals surface area contributed by atoms with Gasteiger partial charge in [0.15, 0.2) is 0 Å². The summed E-state index contributed by atoms with van der Waals surface area (Å²) in [5.74, 6) is 0. The zero-order chi connectivity index (χ0) is 13.2. The average molecular weight is 270 g/mol. The zero-order valence-electron chi connectivity index (χ0n) is 10.6. The summed E-state index contributed by atoms with van der Waals surface area (Å²) < 4.78 is 3.93. The fraction of sp³-hybridized carbons (Fsp3) is 0.200. The van der Waals surface area contributed by atoms with E-state index in [-0.39, 0.29) is 0 Å². The van der Waals surface area contributed by atoms with Gasteiger partial charge in [-0.25, -0.2) is 0 Å². The number of nitrogens with zero attached hydrogens (tertiary/aromatic N) is 2. The molecule has 1 aromatic heterocycles. The number of aryl methyl sites for hydroxylation is 1. The molecule has 0 aliphatic heterocycles. The van der Waals surface area contributed by atoms with Crippen LogP contribution < -0.4 is 0 Å². The van der Waals surface area contributed by atoms with Gasteiger partial charge in [-0.2, -0.15) is 0 Å². The summed E-state index contributed by atoms with van der Waals surface area (Å²) in [4.78, 5) is 0.845. The van der Waals surface area contributed by atoms with Crippen molar-refractivity contribution in [3.05, 3.63) is 58.6 Å². The normalized spacial score (nSPS) is 12.7. The number of aliphatic hydroxyl groups is 1. The fourth-order valence-corrected chi connectivity index (χ4v) is 2.95. The van der Waals surface area contributed by atoms with Crippen molar-refractivity contribution in [1.29, 1.82) is 0 Å². The molecule has 0 aliphatic rings. The van der Waals surface area contributed by atoms with Gasteiger partial charge in [0.25, 0.3) is 0 Å². The predicted molar refractivity (Wildman–Crippen MR) is 77.3 cm³/mol. The van der Waals surface area contributed by atoms with Gasteiger partial charge in [-0.3, -0.25) is 0 Å². The van der Waals surface area contributed by atoms with Gasteiger partial charge in [0.05, 0.1) is 10.6 Å². The summed E-state index contributed by atoms with van der Waals surface area (Å²) >= 11 is 1.27. The average Bonchev–Trinajstić information content (AvgIpc) is 2.94. The minimum absolute atomic E-state index is 0.639. The second-order valence-electron chi connectivity index (χ2n) is 4.45. The molecule has 0 amide bonds. The third-order valence-corrected chi connectivity index (χ3v) is 4.08. The number of fused-ring (bicyclic) bond motifs is 1. The van der Waals surface area contributed by atoms with E-state index in [2.05, 4.69) is 21.7 Å². The van der Waals surface area contributed by atoms with E-state index >= 15 is 0 Å². The summed E-state index contributed by atoms with van der Waals surface area (Å²) in [7, 11) is 0. The van der Waals surface area contributed by atoms with E-state index < -0.39 is 6.10 Å². The molecular weight excluding hydrogens is 256 g/mol. The lowest BCUT2D eigenvalue weighted by atomic mass is 10.0. The summed E-state index contributed by atoms with van der Waals surface area (Å²) in [6, 6.07) is 14.2. The zero-order valence-corrected chi connectivity index (χ0v) is 11.4. The van der Waals surface area contributed by atoms with E-state index in [9.17, 15) is 5.11 Å². The van der Waals surface area contributed by atoms with Crippen LogP contribution in [0.2, 0.25) is 0 Å². The summed E-state index contributed by atoms with van der Waals surface area (Å²) in [6.45, 7) is 2.02. The van der Waals surface area contributed by atoms with Crippen molar-refractivity contribution in [3.8, 4) is 0 Å². The third-order valence-electron chi connectivity index (χ3n) is 3.26. The highest BCUT2D eigenvalue weighted by Gasteiger charge is 2.17. The standard InChI is InChI=1S/C15H14N2OS/c1-2-13-15(19-17-16-13)14(18)12-8-7-10-5-3-4-6-11(10)9-12/h3-9,14,18H,2H2,1H3. The van der Waals surface area contributed by atoms with Crippen LogP contribution in [0.15, 0.2) is 42.5 Å². The van der Waals surface area contributed by atoms with E-state index in [0.29, 0.717) is 0 Å². The lowest BCUT2D eigenvalue weighted by molar-refractivity contribution is 0.223. The minimum atomic E-state index is -0.639. The molecule has 1 heterocycles. The molecule has 3 nitrogen and oxygen atoms in total. The van der Waals surface area contributed by atoms with Crippen LogP contribution in [0.3, 0.4) is 0 Å². The maximum atomic E-state index is 10.5. The van der Waals surface area contributed by atoms with Crippen LogP contribution in [0, 0.1) is 0 Å². The number of rotatable bonds is 3. The van der Waals surface area contributed by atoms with Gasteiger partial charge in [-0.15, -0.1) is 5.10 Å². The molecule has 0 saturated heterocycles. The van der Waals surface area contributed by atoms with Crippen molar-refractivity contribution in [1.82, 2.24) is 9.59 Å².